The predicted octanol–water partition coefficient (Wildman–Crippen LogP) is 0.257. The lowest BCUT2D eigenvalue weighted by molar-refractivity contribution is -0.133. The van der Waals surface area contributed by atoms with Crippen LogP contribution >= 0.6 is 0 Å². The van der Waals surface area contributed by atoms with Crippen LogP contribution in [0.2, 0.25) is 0 Å². The molecule has 0 spiro atoms. The first-order valence-corrected chi connectivity index (χ1v) is 11.6. The SMILES string of the molecule is CCCN(C(=O)CN1C(=O)c2ccccc2S1(=O)=O)C1CCS(=O)(=O)C1. The van der Waals surface area contributed by atoms with Crippen molar-refractivity contribution in [3.05, 3.63) is 29.8 Å². The zero-order chi connectivity index (χ0) is 19.1. The lowest BCUT2D eigenvalue weighted by atomic mass is 10.2. The molecule has 0 aliphatic carbocycles. The van der Waals surface area contributed by atoms with E-state index in [1.807, 2.05) is 6.92 Å². The lowest BCUT2D eigenvalue weighted by Crippen LogP contribution is -2.47. The van der Waals surface area contributed by atoms with E-state index in [0.717, 1.165) is 0 Å². The zero-order valence-corrected chi connectivity index (χ0v) is 15.9. The second-order valence-corrected chi connectivity index (χ2v) is 10.5. The van der Waals surface area contributed by atoms with E-state index < -0.39 is 44.3 Å². The average molecular weight is 400 g/mol. The monoisotopic (exact) mass is 400 g/mol. The van der Waals surface area contributed by atoms with Crippen molar-refractivity contribution in [1.29, 1.82) is 0 Å². The normalized spacial score (nSPS) is 23.0. The van der Waals surface area contributed by atoms with E-state index in [0.29, 0.717) is 23.7 Å². The number of nitrogens with zero attached hydrogens (tertiary/aromatic N) is 2. The van der Waals surface area contributed by atoms with Crippen LogP contribution < -0.4 is 0 Å². The van der Waals surface area contributed by atoms with Crippen LogP contribution in [0.3, 0.4) is 0 Å². The van der Waals surface area contributed by atoms with Gasteiger partial charge in [0.1, 0.15) is 11.4 Å². The van der Waals surface area contributed by atoms with Crippen LogP contribution in [0.15, 0.2) is 29.2 Å². The van der Waals surface area contributed by atoms with E-state index in [-0.39, 0.29) is 22.0 Å². The molecule has 1 aromatic carbocycles. The van der Waals surface area contributed by atoms with E-state index in [2.05, 4.69) is 0 Å². The van der Waals surface area contributed by atoms with Gasteiger partial charge in [-0.15, -0.1) is 0 Å². The summed E-state index contributed by atoms with van der Waals surface area (Å²) in [5.41, 5.74) is 0.0470. The quantitative estimate of drug-likeness (QED) is 0.701. The van der Waals surface area contributed by atoms with Crippen LogP contribution in [-0.4, -0.2) is 68.5 Å². The summed E-state index contributed by atoms with van der Waals surface area (Å²) >= 11 is 0. The molecule has 1 unspecified atom stereocenters. The molecule has 3 rings (SSSR count). The molecule has 2 heterocycles. The fourth-order valence-corrected chi connectivity index (χ4v) is 6.62. The number of fused-ring (bicyclic) bond motifs is 1. The molecule has 0 aromatic heterocycles. The molecular weight excluding hydrogens is 380 g/mol. The highest BCUT2D eigenvalue weighted by Gasteiger charge is 2.43. The maximum Gasteiger partial charge on any atom is 0.269 e. The number of carbonyl (C=O) groups is 2. The van der Waals surface area contributed by atoms with Gasteiger partial charge >= 0.3 is 0 Å². The Morgan fingerprint density at radius 2 is 1.92 bits per heavy atom. The van der Waals surface area contributed by atoms with Crippen molar-refractivity contribution in [3.8, 4) is 0 Å². The molecule has 1 saturated heterocycles. The van der Waals surface area contributed by atoms with Gasteiger partial charge in [-0.2, -0.15) is 0 Å². The number of amides is 2. The van der Waals surface area contributed by atoms with Gasteiger partial charge in [0, 0.05) is 12.6 Å². The highest BCUT2D eigenvalue weighted by atomic mass is 32.2. The predicted molar refractivity (Wildman–Crippen MR) is 93.7 cm³/mol. The first-order valence-electron chi connectivity index (χ1n) is 8.33. The number of carbonyl (C=O) groups excluding carboxylic acids is 2. The molecule has 10 heteroatoms. The van der Waals surface area contributed by atoms with Crippen molar-refractivity contribution in [2.75, 3.05) is 24.6 Å². The van der Waals surface area contributed by atoms with Crippen LogP contribution in [0.5, 0.6) is 0 Å². The molecule has 0 radical (unpaired) electrons. The highest BCUT2D eigenvalue weighted by Crippen LogP contribution is 2.30. The Hall–Kier alpha value is -1.94. The number of benzene rings is 1. The van der Waals surface area contributed by atoms with E-state index in [1.54, 1.807) is 6.07 Å². The van der Waals surface area contributed by atoms with E-state index >= 15 is 0 Å². The molecule has 2 aliphatic rings. The second-order valence-electron chi connectivity index (χ2n) is 6.46. The summed E-state index contributed by atoms with van der Waals surface area (Å²) in [5, 5.41) is 0. The number of sulfone groups is 1. The molecule has 8 nitrogen and oxygen atoms in total. The summed E-state index contributed by atoms with van der Waals surface area (Å²) in [6, 6.07) is 5.34. The summed E-state index contributed by atoms with van der Waals surface area (Å²) in [4.78, 5) is 26.5. The fourth-order valence-electron chi connectivity index (χ4n) is 3.37. The minimum absolute atomic E-state index is 0.0115. The maximum absolute atomic E-state index is 12.7. The van der Waals surface area contributed by atoms with Crippen LogP contribution in [0, 0.1) is 0 Å². The third-order valence-electron chi connectivity index (χ3n) is 4.62. The van der Waals surface area contributed by atoms with Crippen molar-refractivity contribution < 1.29 is 26.4 Å². The summed E-state index contributed by atoms with van der Waals surface area (Å²) in [6.07, 6.45) is 0.929. The minimum atomic E-state index is -4.07. The van der Waals surface area contributed by atoms with Crippen LogP contribution in [-0.2, 0) is 24.7 Å². The fraction of sp³-hybridized carbons (Fsp3) is 0.500. The van der Waals surface area contributed by atoms with Crippen molar-refractivity contribution in [1.82, 2.24) is 9.21 Å². The van der Waals surface area contributed by atoms with E-state index in [4.69, 9.17) is 0 Å². The largest absolute Gasteiger partial charge is 0.337 e. The van der Waals surface area contributed by atoms with Gasteiger partial charge in [0.15, 0.2) is 9.84 Å². The van der Waals surface area contributed by atoms with Gasteiger partial charge < -0.3 is 4.90 Å². The summed E-state index contributed by atoms with van der Waals surface area (Å²) in [6.45, 7) is 1.54. The number of sulfonamides is 1. The first kappa shape index (κ1) is 18.8. The molecule has 1 aromatic rings. The Morgan fingerprint density at radius 1 is 1.23 bits per heavy atom. The summed E-state index contributed by atoms with van der Waals surface area (Å²) in [5.74, 6) is -1.40. The molecule has 0 N–H and O–H groups in total. The first-order chi connectivity index (χ1) is 12.2. The number of hydrogen-bond acceptors (Lipinski definition) is 6. The molecule has 2 aliphatic heterocycles. The van der Waals surface area contributed by atoms with Gasteiger partial charge in [0.05, 0.1) is 17.1 Å². The third kappa shape index (κ3) is 3.23. The molecule has 0 bridgehead atoms. The van der Waals surface area contributed by atoms with Crippen molar-refractivity contribution >= 4 is 31.7 Å². The molecule has 142 valence electrons. The Kier molecular flexibility index (Phi) is 4.82. The van der Waals surface area contributed by atoms with Crippen molar-refractivity contribution in [3.63, 3.8) is 0 Å². The Bertz CT molecular complexity index is 955. The van der Waals surface area contributed by atoms with Gasteiger partial charge in [0.25, 0.3) is 15.9 Å². The minimum Gasteiger partial charge on any atom is -0.337 e. The smallest absolute Gasteiger partial charge is 0.269 e. The Balaban J connectivity index is 1.83. The lowest BCUT2D eigenvalue weighted by Gasteiger charge is -2.29. The van der Waals surface area contributed by atoms with Gasteiger partial charge in [-0.05, 0) is 25.0 Å². The van der Waals surface area contributed by atoms with Gasteiger partial charge in [-0.3, -0.25) is 9.59 Å². The maximum atomic E-state index is 12.7. The van der Waals surface area contributed by atoms with E-state index in [9.17, 15) is 26.4 Å². The molecule has 26 heavy (non-hydrogen) atoms. The number of rotatable bonds is 5. The average Bonchev–Trinajstić information content (AvgIpc) is 3.03. The standard InChI is InChI=1S/C16H20N2O6S2/c1-2-8-17(12-7-9-25(21,22)11-12)15(19)10-18-16(20)13-5-3-4-6-14(13)26(18,23)24/h3-6,12H,2,7-11H2,1H3. The molecule has 1 atom stereocenters. The number of hydrogen-bond donors (Lipinski definition) is 0. The van der Waals surface area contributed by atoms with Crippen LogP contribution in [0.1, 0.15) is 30.1 Å². The summed E-state index contributed by atoms with van der Waals surface area (Å²) < 4.78 is 49.2. The topological polar surface area (TPSA) is 109 Å². The Morgan fingerprint density at radius 3 is 2.50 bits per heavy atom. The van der Waals surface area contributed by atoms with E-state index in [1.165, 1.54) is 23.1 Å². The third-order valence-corrected chi connectivity index (χ3v) is 8.16. The van der Waals surface area contributed by atoms with Gasteiger partial charge in [-0.1, -0.05) is 19.1 Å². The second kappa shape index (κ2) is 6.66. The van der Waals surface area contributed by atoms with Crippen LogP contribution in [0.25, 0.3) is 0 Å². The Labute approximate surface area is 152 Å². The molecule has 1 fully saturated rings. The zero-order valence-electron chi connectivity index (χ0n) is 14.3. The molecule has 0 saturated carbocycles. The highest BCUT2D eigenvalue weighted by molar-refractivity contribution is 7.91. The van der Waals surface area contributed by atoms with Crippen LogP contribution in [0.4, 0.5) is 0 Å². The van der Waals surface area contributed by atoms with Crippen molar-refractivity contribution in [2.24, 2.45) is 0 Å². The summed E-state index contributed by atoms with van der Waals surface area (Å²) in [7, 11) is -7.26. The van der Waals surface area contributed by atoms with Gasteiger partial charge in [-0.25, -0.2) is 21.1 Å². The molecular formula is C16H20N2O6S2. The van der Waals surface area contributed by atoms with Crippen molar-refractivity contribution in [2.45, 2.75) is 30.7 Å². The van der Waals surface area contributed by atoms with Gasteiger partial charge in [0.2, 0.25) is 5.91 Å². The molecule has 2 amide bonds.